The lowest BCUT2D eigenvalue weighted by molar-refractivity contribution is 0.554. The van der Waals surface area contributed by atoms with Crippen LogP contribution >= 0.6 is 0 Å². The van der Waals surface area contributed by atoms with Gasteiger partial charge in [0.15, 0.2) is 0 Å². The minimum atomic E-state index is 0.216. The Balaban J connectivity index is 2.40. The Kier molecular flexibility index (Phi) is 7.81. The fourth-order valence-corrected chi connectivity index (χ4v) is 2.56. The lowest BCUT2D eigenvalue weighted by atomic mass is 9.96. The van der Waals surface area contributed by atoms with Crippen LogP contribution in [0.25, 0.3) is 0 Å². The summed E-state index contributed by atoms with van der Waals surface area (Å²) in [7, 11) is 0. The monoisotopic (exact) mass is 261 g/mol. The first-order chi connectivity index (χ1) is 9.13. The van der Waals surface area contributed by atoms with Crippen LogP contribution in [0, 0.1) is 5.92 Å². The van der Waals surface area contributed by atoms with Gasteiger partial charge in [-0.3, -0.25) is 0 Å². The van der Waals surface area contributed by atoms with Crippen molar-refractivity contribution in [3.63, 3.8) is 0 Å². The van der Waals surface area contributed by atoms with Gasteiger partial charge in [-0.2, -0.15) is 0 Å². The molecule has 0 saturated carbocycles. The Morgan fingerprint density at radius 1 is 1.05 bits per heavy atom. The van der Waals surface area contributed by atoms with E-state index in [-0.39, 0.29) is 6.04 Å². The summed E-state index contributed by atoms with van der Waals surface area (Å²) in [6.45, 7) is 6.78. The van der Waals surface area contributed by atoms with Gasteiger partial charge in [-0.1, -0.05) is 77.1 Å². The van der Waals surface area contributed by atoms with Crippen molar-refractivity contribution in [2.45, 2.75) is 71.8 Å². The maximum Gasteiger partial charge on any atom is 0.0294 e. The van der Waals surface area contributed by atoms with Crippen molar-refractivity contribution in [3.8, 4) is 0 Å². The highest BCUT2D eigenvalue weighted by molar-refractivity contribution is 5.26. The van der Waals surface area contributed by atoms with Crippen molar-refractivity contribution in [3.05, 3.63) is 35.4 Å². The minimum Gasteiger partial charge on any atom is -0.324 e. The lowest BCUT2D eigenvalue weighted by Crippen LogP contribution is -2.10. The molecule has 1 nitrogen and oxygen atoms in total. The molecule has 0 aromatic heterocycles. The standard InChI is InChI=1S/C18H31N/c1-4-5-6-7-8-12-18(19)17-11-9-10-16(14-17)13-15(2)3/h9-11,14-15,18H,4-8,12-13,19H2,1-3H3. The van der Waals surface area contributed by atoms with Crippen LogP contribution in [0.1, 0.15) is 76.5 Å². The summed E-state index contributed by atoms with van der Waals surface area (Å²) in [4.78, 5) is 0. The molecule has 1 unspecified atom stereocenters. The topological polar surface area (TPSA) is 26.0 Å². The molecule has 1 heteroatoms. The van der Waals surface area contributed by atoms with E-state index in [4.69, 9.17) is 5.73 Å². The quantitative estimate of drug-likeness (QED) is 0.604. The first kappa shape index (κ1) is 16.2. The summed E-state index contributed by atoms with van der Waals surface area (Å²) >= 11 is 0. The number of hydrogen-bond acceptors (Lipinski definition) is 1. The van der Waals surface area contributed by atoms with Gasteiger partial charge in [0, 0.05) is 6.04 Å². The van der Waals surface area contributed by atoms with E-state index in [0.29, 0.717) is 5.92 Å². The van der Waals surface area contributed by atoms with Crippen LogP contribution in [0.3, 0.4) is 0 Å². The summed E-state index contributed by atoms with van der Waals surface area (Å²) in [6.07, 6.45) is 8.88. The molecule has 1 rings (SSSR count). The fraction of sp³-hybridized carbons (Fsp3) is 0.667. The maximum atomic E-state index is 6.31. The summed E-state index contributed by atoms with van der Waals surface area (Å²) < 4.78 is 0. The van der Waals surface area contributed by atoms with Gasteiger partial charge in [0.2, 0.25) is 0 Å². The van der Waals surface area contributed by atoms with Gasteiger partial charge in [0.25, 0.3) is 0 Å². The first-order valence-electron chi connectivity index (χ1n) is 7.98. The molecule has 0 saturated heterocycles. The van der Waals surface area contributed by atoms with E-state index in [1.54, 1.807) is 0 Å². The molecule has 0 fully saturated rings. The number of unbranched alkanes of at least 4 members (excludes halogenated alkanes) is 4. The van der Waals surface area contributed by atoms with Gasteiger partial charge in [0.05, 0.1) is 0 Å². The van der Waals surface area contributed by atoms with Gasteiger partial charge in [-0.05, 0) is 29.9 Å². The molecule has 1 aromatic carbocycles. The van der Waals surface area contributed by atoms with E-state index in [1.807, 2.05) is 0 Å². The summed E-state index contributed by atoms with van der Waals surface area (Å²) in [5.41, 5.74) is 9.05. The lowest BCUT2D eigenvalue weighted by Gasteiger charge is -2.14. The molecular weight excluding hydrogens is 230 g/mol. The van der Waals surface area contributed by atoms with Gasteiger partial charge in [-0.25, -0.2) is 0 Å². The second-order valence-corrected chi connectivity index (χ2v) is 6.15. The largest absolute Gasteiger partial charge is 0.324 e. The Labute approximate surface area is 119 Å². The van der Waals surface area contributed by atoms with Gasteiger partial charge < -0.3 is 5.73 Å². The van der Waals surface area contributed by atoms with Crippen LogP contribution in [0.15, 0.2) is 24.3 Å². The second-order valence-electron chi connectivity index (χ2n) is 6.15. The Bertz CT molecular complexity index is 343. The van der Waals surface area contributed by atoms with Crippen molar-refractivity contribution in [1.29, 1.82) is 0 Å². The van der Waals surface area contributed by atoms with Gasteiger partial charge >= 0.3 is 0 Å². The van der Waals surface area contributed by atoms with Crippen molar-refractivity contribution >= 4 is 0 Å². The normalized spacial score (nSPS) is 12.9. The predicted octanol–water partition coefficient (Wildman–Crippen LogP) is 5.25. The minimum absolute atomic E-state index is 0.216. The fourth-order valence-electron chi connectivity index (χ4n) is 2.56. The molecule has 0 radical (unpaired) electrons. The molecule has 1 aromatic rings. The summed E-state index contributed by atoms with van der Waals surface area (Å²) in [6, 6.07) is 9.08. The van der Waals surface area contributed by atoms with Gasteiger partial charge in [0.1, 0.15) is 0 Å². The molecule has 0 heterocycles. The zero-order valence-corrected chi connectivity index (χ0v) is 13.0. The third-order valence-electron chi connectivity index (χ3n) is 3.64. The van der Waals surface area contributed by atoms with Gasteiger partial charge in [-0.15, -0.1) is 0 Å². The van der Waals surface area contributed by atoms with Crippen LogP contribution in [0.5, 0.6) is 0 Å². The summed E-state index contributed by atoms with van der Waals surface area (Å²) in [5.74, 6) is 0.709. The number of benzene rings is 1. The van der Waals surface area contributed by atoms with E-state index in [2.05, 4.69) is 45.0 Å². The van der Waals surface area contributed by atoms with E-state index >= 15 is 0 Å². The van der Waals surface area contributed by atoms with Crippen molar-refractivity contribution in [1.82, 2.24) is 0 Å². The van der Waals surface area contributed by atoms with Crippen LogP contribution in [0.2, 0.25) is 0 Å². The van der Waals surface area contributed by atoms with Crippen LogP contribution < -0.4 is 5.73 Å². The number of hydrogen-bond donors (Lipinski definition) is 1. The smallest absolute Gasteiger partial charge is 0.0294 e. The average Bonchev–Trinajstić information content (AvgIpc) is 2.38. The first-order valence-corrected chi connectivity index (χ1v) is 7.98. The van der Waals surface area contributed by atoms with E-state index < -0.39 is 0 Å². The third kappa shape index (κ3) is 6.77. The molecule has 2 N–H and O–H groups in total. The average molecular weight is 261 g/mol. The molecule has 1 atom stereocenters. The molecule has 0 aliphatic carbocycles. The molecule has 19 heavy (non-hydrogen) atoms. The van der Waals surface area contributed by atoms with Crippen molar-refractivity contribution in [2.75, 3.05) is 0 Å². The number of rotatable bonds is 9. The highest BCUT2D eigenvalue weighted by Gasteiger charge is 2.07. The molecule has 0 spiro atoms. The zero-order valence-electron chi connectivity index (χ0n) is 13.0. The summed E-state index contributed by atoms with van der Waals surface area (Å²) in [5, 5.41) is 0. The second kappa shape index (κ2) is 9.14. The highest BCUT2D eigenvalue weighted by Crippen LogP contribution is 2.20. The van der Waals surface area contributed by atoms with Crippen molar-refractivity contribution in [2.24, 2.45) is 11.7 Å². The maximum absolute atomic E-state index is 6.31. The van der Waals surface area contributed by atoms with E-state index in [0.717, 1.165) is 12.8 Å². The SMILES string of the molecule is CCCCCCCC(N)c1cccc(CC(C)C)c1. The zero-order chi connectivity index (χ0) is 14.1. The molecule has 0 aliphatic rings. The van der Waals surface area contributed by atoms with E-state index in [9.17, 15) is 0 Å². The predicted molar refractivity (Wildman–Crippen MR) is 85.3 cm³/mol. The molecular formula is C18H31N. The van der Waals surface area contributed by atoms with E-state index in [1.165, 1.54) is 43.2 Å². The van der Waals surface area contributed by atoms with Crippen LogP contribution in [0.4, 0.5) is 0 Å². The van der Waals surface area contributed by atoms with Crippen LogP contribution in [-0.4, -0.2) is 0 Å². The van der Waals surface area contributed by atoms with Crippen molar-refractivity contribution < 1.29 is 0 Å². The number of nitrogens with two attached hydrogens (primary N) is 1. The third-order valence-corrected chi connectivity index (χ3v) is 3.64. The molecule has 0 amide bonds. The Hall–Kier alpha value is -0.820. The Morgan fingerprint density at radius 2 is 1.79 bits per heavy atom. The van der Waals surface area contributed by atoms with Crippen LogP contribution in [-0.2, 0) is 6.42 Å². The highest BCUT2D eigenvalue weighted by atomic mass is 14.6. The molecule has 0 bridgehead atoms. The molecule has 108 valence electrons. The Morgan fingerprint density at radius 3 is 2.47 bits per heavy atom. The molecule has 0 aliphatic heterocycles.